The molecule has 0 aromatic heterocycles. The zero-order chi connectivity index (χ0) is 42.0. The topological polar surface area (TPSA) is 6.48 Å². The standard InChI is InChI=1S/C60H44N2Si/c1-6-18-45(19-7-1)47-30-37-52(38-31-47)61(53-39-32-48(33-40-53)46-20-8-2-9-21-46)54-41-34-49(35-42-54)50-36-43-60-58(44-50)62(51-22-10-3-11-23-51)57-28-16-17-29-59(57)63(60,55-24-12-4-13-25-55)56-26-14-5-15-27-56/h1-44H. The van der Waals surface area contributed by atoms with Crippen LogP contribution in [-0.2, 0) is 0 Å². The lowest BCUT2D eigenvalue weighted by Gasteiger charge is -2.45. The van der Waals surface area contributed by atoms with E-state index in [9.17, 15) is 0 Å². The van der Waals surface area contributed by atoms with Gasteiger partial charge in [0.15, 0.2) is 8.07 Å². The lowest BCUT2D eigenvalue weighted by atomic mass is 10.0. The van der Waals surface area contributed by atoms with Gasteiger partial charge in [0.05, 0.1) is 0 Å². The zero-order valence-electron chi connectivity index (χ0n) is 34.8. The van der Waals surface area contributed by atoms with Crippen LogP contribution in [0.2, 0.25) is 0 Å². The Hall–Kier alpha value is -7.98. The van der Waals surface area contributed by atoms with E-state index in [0.717, 1.165) is 22.7 Å². The maximum Gasteiger partial charge on any atom is 0.184 e. The highest BCUT2D eigenvalue weighted by molar-refractivity contribution is 7.21. The second kappa shape index (κ2) is 16.5. The average molecular weight is 821 g/mol. The monoisotopic (exact) mass is 820 g/mol. The first-order valence-electron chi connectivity index (χ1n) is 21.7. The minimum absolute atomic E-state index is 1.09. The number of para-hydroxylation sites is 2. The first-order valence-corrected chi connectivity index (χ1v) is 23.7. The van der Waals surface area contributed by atoms with Crippen LogP contribution in [0.5, 0.6) is 0 Å². The maximum absolute atomic E-state index is 2.77. The Labute approximate surface area is 371 Å². The molecule has 0 radical (unpaired) electrons. The predicted molar refractivity (Wildman–Crippen MR) is 269 cm³/mol. The molecule has 0 amide bonds. The maximum atomic E-state index is 2.49. The number of hydrogen-bond donors (Lipinski definition) is 0. The third-order valence-corrected chi connectivity index (χ3v) is 17.4. The number of fused-ring (bicyclic) bond motifs is 2. The van der Waals surface area contributed by atoms with Crippen molar-refractivity contribution in [3.8, 4) is 33.4 Å². The molecule has 0 N–H and O–H groups in total. The number of hydrogen-bond acceptors (Lipinski definition) is 2. The van der Waals surface area contributed by atoms with Gasteiger partial charge >= 0.3 is 0 Å². The molecule has 1 heterocycles. The highest BCUT2D eigenvalue weighted by Crippen LogP contribution is 2.41. The van der Waals surface area contributed by atoms with Crippen LogP contribution in [0.25, 0.3) is 33.4 Å². The van der Waals surface area contributed by atoms with E-state index in [1.54, 1.807) is 0 Å². The van der Waals surface area contributed by atoms with Crippen molar-refractivity contribution in [1.82, 2.24) is 0 Å². The van der Waals surface area contributed by atoms with Crippen molar-refractivity contribution >= 4 is 62.9 Å². The molecule has 11 rings (SSSR count). The molecule has 0 saturated heterocycles. The molecule has 298 valence electrons. The number of rotatable bonds is 9. The van der Waals surface area contributed by atoms with E-state index in [2.05, 4.69) is 277 Å². The molecular formula is C60H44N2Si. The summed E-state index contributed by atoms with van der Waals surface area (Å²) in [6.07, 6.45) is 0. The van der Waals surface area contributed by atoms with Gasteiger partial charge in [-0.2, -0.15) is 0 Å². The van der Waals surface area contributed by atoms with Gasteiger partial charge in [0.25, 0.3) is 0 Å². The fourth-order valence-corrected chi connectivity index (χ4v) is 14.7. The van der Waals surface area contributed by atoms with Crippen molar-refractivity contribution < 1.29 is 0 Å². The summed E-state index contributed by atoms with van der Waals surface area (Å²) in [6.45, 7) is 0. The van der Waals surface area contributed by atoms with Crippen LogP contribution in [0.3, 0.4) is 0 Å². The molecule has 1 aliphatic rings. The summed E-state index contributed by atoms with van der Waals surface area (Å²) in [4.78, 5) is 4.84. The molecule has 0 atom stereocenters. The first-order chi connectivity index (χ1) is 31.3. The van der Waals surface area contributed by atoms with Gasteiger partial charge in [-0.15, -0.1) is 0 Å². The van der Waals surface area contributed by atoms with E-state index in [1.807, 2.05) is 0 Å². The van der Waals surface area contributed by atoms with Crippen molar-refractivity contribution in [2.75, 3.05) is 9.80 Å². The Morgan fingerprint density at radius 3 is 1.10 bits per heavy atom. The van der Waals surface area contributed by atoms with E-state index in [-0.39, 0.29) is 0 Å². The average Bonchev–Trinajstić information content (AvgIpc) is 3.37. The summed E-state index contributed by atoms with van der Waals surface area (Å²) in [5, 5.41) is 5.53. The van der Waals surface area contributed by atoms with Gasteiger partial charge in [0.1, 0.15) is 0 Å². The molecule has 0 unspecified atom stereocenters. The van der Waals surface area contributed by atoms with Crippen LogP contribution in [0.4, 0.5) is 34.1 Å². The van der Waals surface area contributed by atoms with Gasteiger partial charge in [-0.05, 0) is 115 Å². The molecular weight excluding hydrogens is 777 g/mol. The first kappa shape index (κ1) is 38.0. The van der Waals surface area contributed by atoms with E-state index in [1.165, 1.54) is 65.5 Å². The van der Waals surface area contributed by atoms with Crippen molar-refractivity contribution in [2.24, 2.45) is 0 Å². The van der Waals surface area contributed by atoms with Crippen LogP contribution in [0.15, 0.2) is 267 Å². The van der Waals surface area contributed by atoms with Crippen LogP contribution in [-0.4, -0.2) is 8.07 Å². The highest BCUT2D eigenvalue weighted by atomic mass is 28.3. The molecule has 0 spiro atoms. The zero-order valence-corrected chi connectivity index (χ0v) is 35.8. The summed E-state index contributed by atoms with van der Waals surface area (Å²) >= 11 is 0. The van der Waals surface area contributed by atoms with E-state index < -0.39 is 8.07 Å². The van der Waals surface area contributed by atoms with Gasteiger partial charge < -0.3 is 9.80 Å². The summed E-state index contributed by atoms with van der Waals surface area (Å²) < 4.78 is 0. The van der Waals surface area contributed by atoms with Crippen LogP contribution < -0.4 is 30.5 Å². The van der Waals surface area contributed by atoms with Crippen LogP contribution in [0, 0.1) is 0 Å². The van der Waals surface area contributed by atoms with Gasteiger partial charge in [-0.3, -0.25) is 0 Å². The third-order valence-electron chi connectivity index (χ3n) is 12.5. The molecule has 3 heteroatoms. The summed E-state index contributed by atoms with van der Waals surface area (Å²) in [5.41, 5.74) is 14.0. The number of nitrogens with zero attached hydrogens (tertiary/aromatic N) is 2. The van der Waals surface area contributed by atoms with Gasteiger partial charge in [0, 0.05) is 34.1 Å². The Kier molecular flexibility index (Phi) is 9.93. The van der Waals surface area contributed by atoms with E-state index in [0.29, 0.717) is 0 Å². The van der Waals surface area contributed by atoms with Crippen LogP contribution in [0.1, 0.15) is 0 Å². The fraction of sp³-hybridized carbons (Fsp3) is 0. The summed E-state index contributed by atoms with van der Waals surface area (Å²) in [6, 6.07) is 97.7. The lowest BCUT2D eigenvalue weighted by Crippen LogP contribution is -2.77. The highest BCUT2D eigenvalue weighted by Gasteiger charge is 2.48. The van der Waals surface area contributed by atoms with Gasteiger partial charge in [-0.25, -0.2) is 0 Å². The smallest absolute Gasteiger partial charge is 0.184 e. The minimum atomic E-state index is -2.77. The van der Waals surface area contributed by atoms with Crippen LogP contribution >= 0.6 is 0 Å². The Balaban J connectivity index is 1.04. The molecule has 2 nitrogen and oxygen atoms in total. The second-order valence-electron chi connectivity index (χ2n) is 16.1. The van der Waals surface area contributed by atoms with Crippen molar-refractivity contribution in [2.45, 2.75) is 0 Å². The van der Waals surface area contributed by atoms with Gasteiger partial charge in [0.2, 0.25) is 0 Å². The van der Waals surface area contributed by atoms with Crippen molar-refractivity contribution in [1.29, 1.82) is 0 Å². The molecule has 1 aliphatic heterocycles. The molecule has 63 heavy (non-hydrogen) atoms. The summed E-state index contributed by atoms with van der Waals surface area (Å²) in [5.74, 6) is 0. The SMILES string of the molecule is c1ccc(-c2ccc(N(c3ccc(-c4ccccc4)cc3)c3ccc(-c4ccc5c(c4)N(c4ccccc4)c4ccccc4[Si]5(c4ccccc4)c4ccccc4)cc3)cc2)cc1. The Morgan fingerprint density at radius 1 is 0.270 bits per heavy atom. The number of benzene rings is 10. The van der Waals surface area contributed by atoms with Gasteiger partial charge in [-0.1, -0.05) is 206 Å². The van der Waals surface area contributed by atoms with Crippen molar-refractivity contribution in [3.05, 3.63) is 267 Å². The number of anilines is 6. The predicted octanol–water partition coefficient (Wildman–Crippen LogP) is 13.3. The quantitative estimate of drug-likeness (QED) is 0.134. The minimum Gasteiger partial charge on any atom is -0.311 e. The Morgan fingerprint density at radius 2 is 0.619 bits per heavy atom. The molecule has 10 aromatic carbocycles. The Bertz CT molecular complexity index is 3000. The second-order valence-corrected chi connectivity index (χ2v) is 19.8. The van der Waals surface area contributed by atoms with E-state index in [4.69, 9.17) is 0 Å². The molecule has 0 bridgehead atoms. The third kappa shape index (κ3) is 6.86. The molecule has 0 aliphatic carbocycles. The molecule has 0 saturated carbocycles. The molecule has 0 fully saturated rings. The molecule has 10 aromatic rings. The van der Waals surface area contributed by atoms with Crippen molar-refractivity contribution in [3.63, 3.8) is 0 Å². The fourth-order valence-electron chi connectivity index (χ4n) is 9.61. The summed E-state index contributed by atoms with van der Waals surface area (Å²) in [7, 11) is -2.77. The largest absolute Gasteiger partial charge is 0.311 e. The normalized spacial score (nSPS) is 12.5. The lowest BCUT2D eigenvalue weighted by molar-refractivity contribution is 1.28. The van der Waals surface area contributed by atoms with E-state index >= 15 is 0 Å².